The van der Waals surface area contributed by atoms with E-state index in [2.05, 4.69) is 5.32 Å². The number of nitrogens with zero attached hydrogens (tertiary/aromatic N) is 2. The van der Waals surface area contributed by atoms with Gasteiger partial charge in [-0.1, -0.05) is 11.6 Å². The van der Waals surface area contributed by atoms with Gasteiger partial charge in [-0.25, -0.2) is 0 Å². The molecular formula is C11H8ClN3O. The molecule has 0 fully saturated rings. The molecule has 0 heterocycles. The van der Waals surface area contributed by atoms with E-state index in [1.807, 2.05) is 12.1 Å². The Hall–Kier alpha value is -2.04. The molecular weight excluding hydrogens is 226 g/mol. The van der Waals surface area contributed by atoms with Gasteiger partial charge in [0.25, 0.3) is 0 Å². The van der Waals surface area contributed by atoms with Gasteiger partial charge in [0.2, 0.25) is 5.91 Å². The number of benzene rings is 1. The molecule has 0 radical (unpaired) electrons. The van der Waals surface area contributed by atoms with Crippen molar-refractivity contribution in [3.05, 3.63) is 28.8 Å². The molecule has 1 N–H and O–H groups in total. The third kappa shape index (κ3) is 2.73. The average Bonchev–Trinajstić information content (AvgIpc) is 2.30. The van der Waals surface area contributed by atoms with Crippen molar-refractivity contribution in [1.29, 1.82) is 10.5 Å². The molecule has 1 rings (SSSR count). The van der Waals surface area contributed by atoms with E-state index >= 15 is 0 Å². The Morgan fingerprint density at radius 2 is 2.19 bits per heavy atom. The van der Waals surface area contributed by atoms with Gasteiger partial charge in [0.1, 0.15) is 5.92 Å². The second kappa shape index (κ2) is 5.16. The second-order valence-electron chi connectivity index (χ2n) is 3.15. The Morgan fingerprint density at radius 1 is 1.50 bits per heavy atom. The number of nitrogens with one attached hydrogen (secondary N) is 1. The fraction of sp³-hybridized carbons (Fsp3) is 0.182. The third-order valence-corrected chi connectivity index (χ3v) is 2.26. The van der Waals surface area contributed by atoms with E-state index in [0.717, 1.165) is 0 Å². The van der Waals surface area contributed by atoms with Gasteiger partial charge in [0.15, 0.2) is 0 Å². The molecule has 0 bridgehead atoms. The van der Waals surface area contributed by atoms with E-state index in [1.54, 1.807) is 6.07 Å². The van der Waals surface area contributed by atoms with Crippen molar-refractivity contribution in [3.63, 3.8) is 0 Å². The van der Waals surface area contributed by atoms with Crippen molar-refractivity contribution < 1.29 is 4.79 Å². The Bertz CT molecular complexity index is 499. The van der Waals surface area contributed by atoms with E-state index in [1.165, 1.54) is 19.1 Å². The Labute approximate surface area is 98.1 Å². The summed E-state index contributed by atoms with van der Waals surface area (Å²) in [5.41, 5.74) is 0.809. The summed E-state index contributed by atoms with van der Waals surface area (Å²) in [6.45, 7) is 1.49. The molecule has 1 amide bonds. The monoisotopic (exact) mass is 233 g/mol. The van der Waals surface area contributed by atoms with Crippen LogP contribution in [0.15, 0.2) is 18.2 Å². The van der Waals surface area contributed by atoms with Crippen molar-refractivity contribution in [2.24, 2.45) is 5.92 Å². The molecule has 1 aromatic carbocycles. The van der Waals surface area contributed by atoms with Crippen LogP contribution in [-0.2, 0) is 4.79 Å². The van der Waals surface area contributed by atoms with Gasteiger partial charge < -0.3 is 5.32 Å². The summed E-state index contributed by atoms with van der Waals surface area (Å²) in [7, 11) is 0. The highest BCUT2D eigenvalue weighted by Crippen LogP contribution is 2.23. The highest BCUT2D eigenvalue weighted by atomic mass is 35.5. The van der Waals surface area contributed by atoms with E-state index in [4.69, 9.17) is 22.1 Å². The number of carbonyl (C=O) groups is 1. The first-order chi connectivity index (χ1) is 7.58. The van der Waals surface area contributed by atoms with Crippen LogP contribution in [0.3, 0.4) is 0 Å². The molecule has 0 aromatic heterocycles. The lowest BCUT2D eigenvalue weighted by Crippen LogP contribution is -2.19. The predicted molar refractivity (Wildman–Crippen MR) is 59.6 cm³/mol. The fourth-order valence-corrected chi connectivity index (χ4v) is 1.21. The van der Waals surface area contributed by atoms with Gasteiger partial charge in [-0.3, -0.25) is 4.79 Å². The van der Waals surface area contributed by atoms with Gasteiger partial charge in [0, 0.05) is 0 Å². The van der Waals surface area contributed by atoms with E-state index in [-0.39, 0.29) is 5.02 Å². The van der Waals surface area contributed by atoms with Crippen LogP contribution in [0, 0.1) is 28.6 Å². The Balaban J connectivity index is 2.88. The second-order valence-corrected chi connectivity index (χ2v) is 3.55. The molecule has 0 aliphatic heterocycles. The first-order valence-corrected chi connectivity index (χ1v) is 4.86. The molecule has 1 atom stereocenters. The van der Waals surface area contributed by atoms with Crippen LogP contribution in [0.2, 0.25) is 5.02 Å². The van der Waals surface area contributed by atoms with Gasteiger partial charge in [-0.2, -0.15) is 10.5 Å². The van der Waals surface area contributed by atoms with Crippen LogP contribution in [0.25, 0.3) is 0 Å². The molecule has 0 saturated heterocycles. The highest BCUT2D eigenvalue weighted by Gasteiger charge is 2.13. The van der Waals surface area contributed by atoms with E-state index in [0.29, 0.717) is 11.3 Å². The maximum Gasteiger partial charge on any atom is 0.241 e. The van der Waals surface area contributed by atoms with Crippen LogP contribution in [0.4, 0.5) is 5.69 Å². The van der Waals surface area contributed by atoms with Gasteiger partial charge in [-0.05, 0) is 25.1 Å². The van der Waals surface area contributed by atoms with E-state index < -0.39 is 11.8 Å². The first-order valence-electron chi connectivity index (χ1n) is 4.48. The molecule has 0 aliphatic carbocycles. The Kier molecular flexibility index (Phi) is 3.88. The average molecular weight is 234 g/mol. The van der Waals surface area contributed by atoms with Crippen molar-refractivity contribution in [1.82, 2.24) is 0 Å². The maximum atomic E-state index is 11.4. The maximum absolute atomic E-state index is 11.4. The number of nitriles is 2. The van der Waals surface area contributed by atoms with Crippen LogP contribution in [0.1, 0.15) is 12.5 Å². The molecule has 0 spiro atoms. The van der Waals surface area contributed by atoms with Crippen LogP contribution in [-0.4, -0.2) is 5.91 Å². The quantitative estimate of drug-likeness (QED) is 0.852. The lowest BCUT2D eigenvalue weighted by Gasteiger charge is -2.07. The summed E-state index contributed by atoms with van der Waals surface area (Å²) in [6, 6.07) is 8.28. The lowest BCUT2D eigenvalue weighted by molar-refractivity contribution is -0.117. The lowest BCUT2D eigenvalue weighted by atomic mass is 10.1. The van der Waals surface area contributed by atoms with Crippen LogP contribution >= 0.6 is 11.6 Å². The molecule has 1 unspecified atom stereocenters. The van der Waals surface area contributed by atoms with Crippen molar-refractivity contribution >= 4 is 23.2 Å². The SMILES string of the molecule is CC(C#N)C(=O)Nc1ccc(C#N)cc1Cl. The summed E-state index contributed by atoms with van der Waals surface area (Å²) < 4.78 is 0. The summed E-state index contributed by atoms with van der Waals surface area (Å²) in [5.74, 6) is -1.17. The van der Waals surface area contributed by atoms with E-state index in [9.17, 15) is 4.79 Å². The number of amides is 1. The number of carbonyl (C=O) groups excluding carboxylic acids is 1. The van der Waals surface area contributed by atoms with Crippen LogP contribution < -0.4 is 5.32 Å². The van der Waals surface area contributed by atoms with Gasteiger partial charge >= 0.3 is 0 Å². The number of rotatable bonds is 2. The number of hydrogen-bond donors (Lipinski definition) is 1. The summed E-state index contributed by atoms with van der Waals surface area (Å²) in [6.07, 6.45) is 0. The minimum Gasteiger partial charge on any atom is -0.324 e. The molecule has 5 heteroatoms. The molecule has 16 heavy (non-hydrogen) atoms. The molecule has 4 nitrogen and oxygen atoms in total. The topological polar surface area (TPSA) is 76.7 Å². The first kappa shape index (κ1) is 12.0. The van der Waals surface area contributed by atoms with Crippen molar-refractivity contribution in [2.75, 3.05) is 5.32 Å². The fourth-order valence-electron chi connectivity index (χ4n) is 0.986. The zero-order valence-electron chi connectivity index (χ0n) is 8.49. The minimum absolute atomic E-state index is 0.275. The number of halogens is 1. The molecule has 0 saturated carbocycles. The molecule has 80 valence electrons. The Morgan fingerprint density at radius 3 is 2.69 bits per heavy atom. The molecule has 1 aromatic rings. The van der Waals surface area contributed by atoms with Crippen LogP contribution in [0.5, 0.6) is 0 Å². The third-order valence-electron chi connectivity index (χ3n) is 1.94. The highest BCUT2D eigenvalue weighted by molar-refractivity contribution is 6.33. The summed E-state index contributed by atoms with van der Waals surface area (Å²) in [4.78, 5) is 11.4. The van der Waals surface area contributed by atoms with Crippen molar-refractivity contribution in [3.8, 4) is 12.1 Å². The normalized spacial score (nSPS) is 11.0. The number of hydrogen-bond acceptors (Lipinski definition) is 3. The molecule has 0 aliphatic rings. The summed E-state index contributed by atoms with van der Waals surface area (Å²) >= 11 is 5.85. The zero-order valence-corrected chi connectivity index (χ0v) is 9.25. The smallest absolute Gasteiger partial charge is 0.241 e. The summed E-state index contributed by atoms with van der Waals surface area (Å²) in [5, 5.41) is 20.0. The predicted octanol–water partition coefficient (Wildman–Crippen LogP) is 2.31. The van der Waals surface area contributed by atoms with Gasteiger partial charge in [0.05, 0.1) is 28.4 Å². The standard InChI is InChI=1S/C11H8ClN3O/c1-7(5-13)11(16)15-10-3-2-8(6-14)4-9(10)12/h2-4,7H,1H3,(H,15,16). The zero-order chi connectivity index (χ0) is 12.1. The largest absolute Gasteiger partial charge is 0.324 e. The number of anilines is 1. The van der Waals surface area contributed by atoms with Crippen molar-refractivity contribution in [2.45, 2.75) is 6.92 Å². The van der Waals surface area contributed by atoms with Gasteiger partial charge in [-0.15, -0.1) is 0 Å². The minimum atomic E-state index is -0.744.